The first-order chi connectivity index (χ1) is 25.7. The number of aliphatic imine (C=N–C) groups is 1. The van der Waals surface area contributed by atoms with Crippen LogP contribution in [-0.2, 0) is 48.8 Å². The van der Waals surface area contributed by atoms with Gasteiger partial charge >= 0.3 is 99.1 Å². The van der Waals surface area contributed by atoms with Crippen molar-refractivity contribution in [3.05, 3.63) is 23.8 Å². The summed E-state index contributed by atoms with van der Waals surface area (Å²) in [5, 5.41) is 34.5. The van der Waals surface area contributed by atoms with Crippen LogP contribution >= 0.6 is 0 Å². The van der Waals surface area contributed by atoms with Crippen molar-refractivity contribution in [3.63, 3.8) is 0 Å². The normalized spacial score (nSPS) is 39.2. The van der Waals surface area contributed by atoms with Gasteiger partial charge in [0.15, 0.2) is 6.29 Å². The third kappa shape index (κ3) is 13.5. The van der Waals surface area contributed by atoms with E-state index in [0.29, 0.717) is 19.3 Å². The van der Waals surface area contributed by atoms with Gasteiger partial charge in [-0.25, -0.2) is 21.0 Å². The van der Waals surface area contributed by atoms with Crippen LogP contribution in [0.4, 0.5) is 0 Å². The van der Waals surface area contributed by atoms with E-state index < -0.39 is 96.8 Å². The number of fused-ring (bicyclic) bond motifs is 5. The zero-order chi connectivity index (χ0) is 41.8. The Kier molecular flexibility index (Phi) is 20.9. The number of hydrogen-bond donors (Lipinski definition) is 3. The second-order valence-corrected chi connectivity index (χ2v) is 20.7. The van der Waals surface area contributed by atoms with Crippen molar-refractivity contribution in [1.82, 2.24) is 0 Å². The summed E-state index contributed by atoms with van der Waals surface area (Å²) in [4.78, 5) is 3.78. The average molecular weight is 924 g/mol. The van der Waals surface area contributed by atoms with E-state index in [1.807, 2.05) is 13.0 Å². The summed E-state index contributed by atoms with van der Waals surface area (Å²) in [6, 6.07) is 0. The van der Waals surface area contributed by atoms with Gasteiger partial charge in [0.1, 0.15) is 18.3 Å². The minimum Gasteiger partial charge on any atom is -0.862 e. The minimum atomic E-state index is -5.00. The van der Waals surface area contributed by atoms with E-state index >= 15 is 0 Å². The molecule has 0 aromatic rings. The molecule has 17 nitrogen and oxygen atoms in total. The molecule has 4 aliphatic carbocycles. The van der Waals surface area contributed by atoms with Crippen LogP contribution in [-0.4, -0.2) is 110 Å². The second-order valence-electron chi connectivity index (χ2n) is 17.2. The van der Waals surface area contributed by atoms with Gasteiger partial charge in [-0.05, 0) is 110 Å². The molecule has 5 aliphatic rings. The van der Waals surface area contributed by atoms with Gasteiger partial charge in [-0.1, -0.05) is 58.4 Å². The fourth-order valence-corrected chi connectivity index (χ4v) is 12.0. The monoisotopic (exact) mass is 923 g/mol. The van der Waals surface area contributed by atoms with Crippen molar-refractivity contribution in [3.8, 4) is 0 Å². The van der Waals surface area contributed by atoms with Gasteiger partial charge in [0, 0.05) is 0 Å². The Morgan fingerprint density at radius 2 is 1.61 bits per heavy atom. The van der Waals surface area contributed by atoms with Gasteiger partial charge in [0.05, 0.1) is 40.7 Å². The van der Waals surface area contributed by atoms with E-state index in [2.05, 4.69) is 42.1 Å². The van der Waals surface area contributed by atoms with Gasteiger partial charge in [-0.2, -0.15) is 8.42 Å². The van der Waals surface area contributed by atoms with E-state index in [-0.39, 0.29) is 143 Å². The van der Waals surface area contributed by atoms with E-state index in [4.69, 9.17) is 13.7 Å². The van der Waals surface area contributed by atoms with Gasteiger partial charge in [-0.15, -0.1) is 0 Å². The molecular formula is C36H56NNa3O16S3. The number of aliphatic hydroxyl groups excluding tert-OH is 2. The molecule has 4 fully saturated rings. The Morgan fingerprint density at radius 3 is 2.20 bits per heavy atom. The van der Waals surface area contributed by atoms with Crippen molar-refractivity contribution in [2.75, 3.05) is 12.3 Å². The Balaban J connectivity index is 0.00000400. The number of aliphatic hydroxyl groups is 2. The molecule has 0 bridgehead atoms. The van der Waals surface area contributed by atoms with Crippen molar-refractivity contribution in [2.24, 2.45) is 57.2 Å². The smallest absolute Gasteiger partial charge is 0.862 e. The van der Waals surface area contributed by atoms with Crippen molar-refractivity contribution in [2.45, 2.75) is 129 Å². The number of rotatable bonds is 14. The Hall–Kier alpha value is 1.44. The number of hydrogen-bond acceptors (Lipinski definition) is 16. The van der Waals surface area contributed by atoms with Crippen LogP contribution in [0.1, 0.15) is 86.5 Å². The number of nitrogens with zero attached hydrogens (tertiary/aromatic N) is 1. The minimum absolute atomic E-state index is 0. The van der Waals surface area contributed by atoms with E-state index in [1.165, 1.54) is 12.5 Å². The quantitative estimate of drug-likeness (QED) is 0.0365. The largest absolute Gasteiger partial charge is 1.00 e. The summed E-state index contributed by atoms with van der Waals surface area (Å²) in [6.45, 7) is 11.2. The molecule has 322 valence electrons. The summed E-state index contributed by atoms with van der Waals surface area (Å²) < 4.78 is 122. The van der Waals surface area contributed by atoms with E-state index in [9.17, 15) is 54.2 Å². The summed E-state index contributed by atoms with van der Waals surface area (Å²) in [5.41, 5.74) is 0.594. The summed E-state index contributed by atoms with van der Waals surface area (Å²) in [6.07, 6.45) is 1.14. The molecule has 1 unspecified atom stereocenters. The SMILES string of the molecule is C[C@H](/C=C/[C@@H](C)[C@@H](C)C([O-])=NCCS(=O)(=O)[O-])[C@H]1CC[C@H]2[C@@H]3C[C@H](O[C@@H]4O[C@H](C)[C@@H](OS(=O)(=O)O)[C@H](O)[C@H]4O)C4C[C@@H](OS(=O)(=O)[O-])CC[C@]4(C)C3=CC[C@]12C.[Na+].[Na+].[Na+]. The molecule has 0 aromatic carbocycles. The summed E-state index contributed by atoms with van der Waals surface area (Å²) in [7, 11) is -14.5. The average Bonchev–Trinajstić information content (AvgIpc) is 3.43. The van der Waals surface area contributed by atoms with Crippen molar-refractivity contribution < 1.29 is 161 Å². The zero-order valence-corrected chi connectivity index (χ0v) is 43.9. The first-order valence-electron chi connectivity index (χ1n) is 19.2. The van der Waals surface area contributed by atoms with Crippen molar-refractivity contribution >= 4 is 36.8 Å². The van der Waals surface area contributed by atoms with E-state index in [1.54, 1.807) is 6.92 Å². The van der Waals surface area contributed by atoms with Gasteiger partial charge < -0.3 is 38.9 Å². The molecular weight excluding hydrogens is 868 g/mol. The maximum Gasteiger partial charge on any atom is 1.00 e. The first kappa shape index (κ1) is 56.6. The third-order valence-corrected chi connectivity index (χ3v) is 15.4. The van der Waals surface area contributed by atoms with Gasteiger partial charge in [0.25, 0.3) is 0 Å². The van der Waals surface area contributed by atoms with Crippen molar-refractivity contribution in [1.29, 1.82) is 0 Å². The maximum atomic E-state index is 12.6. The fourth-order valence-electron chi connectivity index (χ4n) is 10.7. The fraction of sp³-hybridized carbons (Fsp3) is 0.861. The van der Waals surface area contributed by atoms with Crippen LogP contribution in [0.5, 0.6) is 0 Å². The molecule has 1 saturated heterocycles. The standard InChI is InChI=1S/C36H59NO16S3.3Na/c1-19(21(3)33(40)37-15-16-54(41,42)43)7-8-20(2)25-9-10-26-24-18-29(51-34-31(39)30(38)32(22(4)50-34)53-56(47,48)49)28-17-23(52-55(44,45)46)11-13-36(28,6)27(24)12-14-35(25,26)5;;;/h7-8,12,19-26,28-32,34,38-39H,9-11,13-18H2,1-6H3,(H,37,40)(H,41,42,43)(H,44,45,46)(H,47,48,49);;;/q;3*+1/p-3/b8-7+;;;/t19-,20-,21-,22-,23+,24+,25-,26+,28?,29+,30-,31-,32-,34+,35-,36-;;;/m1.../s1. The predicted octanol–water partition coefficient (Wildman–Crippen LogP) is -7.16. The molecule has 5 rings (SSSR count). The molecule has 0 radical (unpaired) electrons. The Labute approximate surface area is 415 Å². The Morgan fingerprint density at radius 1 is 0.966 bits per heavy atom. The van der Waals surface area contributed by atoms with Crippen LogP contribution in [0, 0.1) is 52.3 Å². The maximum absolute atomic E-state index is 12.6. The molecule has 1 aliphatic heterocycles. The Bertz CT molecular complexity index is 1870. The molecule has 3 saturated carbocycles. The van der Waals surface area contributed by atoms with Crippen LogP contribution in [0.25, 0.3) is 0 Å². The van der Waals surface area contributed by atoms with Crippen LogP contribution < -0.4 is 93.8 Å². The molecule has 3 N–H and O–H groups in total. The first-order valence-corrected chi connectivity index (χ1v) is 23.5. The summed E-state index contributed by atoms with van der Waals surface area (Å²) in [5.74, 6) is -1.66. The second kappa shape index (κ2) is 21.8. The molecule has 59 heavy (non-hydrogen) atoms. The van der Waals surface area contributed by atoms with E-state index in [0.717, 1.165) is 19.3 Å². The third-order valence-electron chi connectivity index (χ3n) is 13.8. The molecule has 16 atom stereocenters. The van der Waals surface area contributed by atoms with Gasteiger partial charge in [-0.3, -0.25) is 8.74 Å². The summed E-state index contributed by atoms with van der Waals surface area (Å²) >= 11 is 0. The van der Waals surface area contributed by atoms with Gasteiger partial charge in [0.2, 0.25) is 10.4 Å². The zero-order valence-electron chi connectivity index (χ0n) is 35.5. The molecule has 1 heterocycles. The topological polar surface area (TPSA) is 282 Å². The van der Waals surface area contributed by atoms with Crippen LogP contribution in [0.2, 0.25) is 0 Å². The number of allylic oxidation sites excluding steroid dienone is 4. The number of ether oxygens (including phenoxy) is 2. The molecule has 23 heteroatoms. The molecule has 0 spiro atoms. The van der Waals surface area contributed by atoms with Crippen LogP contribution in [0.15, 0.2) is 28.8 Å². The van der Waals surface area contributed by atoms with Crippen LogP contribution in [0.3, 0.4) is 0 Å². The predicted molar refractivity (Wildman–Crippen MR) is 196 cm³/mol. The molecule has 0 amide bonds. The molecule has 0 aromatic heterocycles.